The van der Waals surface area contributed by atoms with Gasteiger partial charge in [0.05, 0.1) is 6.10 Å². The van der Waals surface area contributed by atoms with Crippen molar-refractivity contribution in [2.24, 2.45) is 5.92 Å². The number of benzene rings is 1. The van der Waals surface area contributed by atoms with Gasteiger partial charge in [-0.05, 0) is 57.1 Å². The van der Waals surface area contributed by atoms with Gasteiger partial charge in [0.1, 0.15) is 0 Å². The summed E-state index contributed by atoms with van der Waals surface area (Å²) in [6.45, 7) is 6.27. The molecule has 1 aromatic carbocycles. The zero-order chi connectivity index (χ0) is 21.8. The SMILES string of the molecule is Cc1ccc(C)c(-c2cc(C(=O)N(CCC(=O)NCC3CC3)C[C@@H]3CCCO3)no2)c1. The Morgan fingerprint density at radius 2 is 2.03 bits per heavy atom. The maximum Gasteiger partial charge on any atom is 0.276 e. The number of aromatic nitrogens is 1. The summed E-state index contributed by atoms with van der Waals surface area (Å²) in [6, 6.07) is 7.79. The standard InChI is InChI=1S/C24H31N3O4/c1-16-5-6-17(2)20(12-16)22-13-21(26-31-22)24(29)27(15-19-4-3-11-30-19)10-9-23(28)25-14-18-7-8-18/h5-6,12-13,18-19H,3-4,7-11,14-15H2,1-2H3,(H,25,28)/t19-/m0/s1. The molecular weight excluding hydrogens is 394 g/mol. The van der Waals surface area contributed by atoms with Crippen molar-refractivity contribution in [2.45, 2.75) is 52.1 Å². The van der Waals surface area contributed by atoms with Crippen molar-refractivity contribution < 1.29 is 18.8 Å². The third kappa shape index (κ3) is 5.73. The normalized spacial score (nSPS) is 18.2. The molecule has 2 amide bonds. The molecule has 31 heavy (non-hydrogen) atoms. The monoisotopic (exact) mass is 425 g/mol. The van der Waals surface area contributed by atoms with E-state index in [1.165, 1.54) is 12.8 Å². The Hall–Kier alpha value is -2.67. The van der Waals surface area contributed by atoms with Crippen LogP contribution < -0.4 is 5.32 Å². The van der Waals surface area contributed by atoms with Crippen molar-refractivity contribution in [3.63, 3.8) is 0 Å². The maximum absolute atomic E-state index is 13.2. The van der Waals surface area contributed by atoms with Gasteiger partial charge >= 0.3 is 0 Å². The minimum absolute atomic E-state index is 0.00358. The smallest absolute Gasteiger partial charge is 0.276 e. The number of carbonyl (C=O) groups is 2. The first-order chi connectivity index (χ1) is 15.0. The lowest BCUT2D eigenvalue weighted by atomic mass is 10.0. The highest BCUT2D eigenvalue weighted by atomic mass is 16.5. The lowest BCUT2D eigenvalue weighted by Crippen LogP contribution is -2.40. The van der Waals surface area contributed by atoms with E-state index in [9.17, 15) is 9.59 Å². The summed E-state index contributed by atoms with van der Waals surface area (Å²) in [6.07, 6.45) is 4.58. The van der Waals surface area contributed by atoms with Gasteiger partial charge in [-0.1, -0.05) is 22.9 Å². The Balaban J connectivity index is 1.44. The predicted molar refractivity (Wildman–Crippen MR) is 117 cm³/mol. The molecule has 2 fully saturated rings. The molecule has 1 saturated carbocycles. The number of nitrogens with zero attached hydrogens (tertiary/aromatic N) is 2. The van der Waals surface area contributed by atoms with Crippen molar-refractivity contribution in [3.8, 4) is 11.3 Å². The van der Waals surface area contributed by atoms with E-state index >= 15 is 0 Å². The zero-order valence-corrected chi connectivity index (χ0v) is 18.4. The number of amides is 2. The van der Waals surface area contributed by atoms with Crippen LogP contribution in [0.15, 0.2) is 28.8 Å². The Labute approximate surface area is 183 Å². The molecule has 2 heterocycles. The van der Waals surface area contributed by atoms with Crippen molar-refractivity contribution in [1.29, 1.82) is 0 Å². The molecule has 166 valence electrons. The van der Waals surface area contributed by atoms with Gasteiger partial charge in [-0.15, -0.1) is 0 Å². The van der Waals surface area contributed by atoms with Crippen LogP contribution in [0.5, 0.6) is 0 Å². The van der Waals surface area contributed by atoms with E-state index in [0.29, 0.717) is 24.8 Å². The summed E-state index contributed by atoms with van der Waals surface area (Å²) < 4.78 is 11.2. The second-order valence-electron chi connectivity index (χ2n) is 8.78. The Morgan fingerprint density at radius 3 is 2.77 bits per heavy atom. The van der Waals surface area contributed by atoms with Gasteiger partial charge in [-0.3, -0.25) is 9.59 Å². The Bertz CT molecular complexity index is 929. The fraction of sp³-hybridized carbons (Fsp3) is 0.542. The second kappa shape index (κ2) is 9.64. The minimum Gasteiger partial charge on any atom is -0.376 e. The van der Waals surface area contributed by atoms with E-state index in [4.69, 9.17) is 9.26 Å². The van der Waals surface area contributed by atoms with Gasteiger partial charge < -0.3 is 19.5 Å². The highest BCUT2D eigenvalue weighted by Gasteiger charge is 2.27. The average Bonchev–Trinajstić information content (AvgIpc) is 3.22. The molecule has 0 radical (unpaired) electrons. The van der Waals surface area contributed by atoms with Crippen molar-refractivity contribution in [1.82, 2.24) is 15.4 Å². The Kier molecular flexibility index (Phi) is 6.70. The first-order valence-electron chi connectivity index (χ1n) is 11.2. The molecule has 1 aliphatic carbocycles. The maximum atomic E-state index is 13.2. The number of carbonyl (C=O) groups excluding carboxylic acids is 2. The van der Waals surface area contributed by atoms with E-state index in [1.807, 2.05) is 32.0 Å². The van der Waals surface area contributed by atoms with Gasteiger partial charge in [0.25, 0.3) is 5.91 Å². The van der Waals surface area contributed by atoms with Crippen LogP contribution in [0, 0.1) is 19.8 Å². The van der Waals surface area contributed by atoms with Crippen LogP contribution in [-0.2, 0) is 9.53 Å². The summed E-state index contributed by atoms with van der Waals surface area (Å²) in [5, 5.41) is 7.01. The molecular formula is C24H31N3O4. The lowest BCUT2D eigenvalue weighted by Gasteiger charge is -2.24. The van der Waals surface area contributed by atoms with Gasteiger partial charge in [0, 0.05) is 44.3 Å². The fourth-order valence-electron chi connectivity index (χ4n) is 3.88. The molecule has 0 unspecified atom stereocenters. The van der Waals surface area contributed by atoms with Gasteiger partial charge in [-0.2, -0.15) is 0 Å². The van der Waals surface area contributed by atoms with Crippen LogP contribution in [0.1, 0.15) is 53.7 Å². The van der Waals surface area contributed by atoms with Crippen molar-refractivity contribution in [2.75, 3.05) is 26.2 Å². The molecule has 1 aromatic heterocycles. The van der Waals surface area contributed by atoms with Gasteiger partial charge in [-0.25, -0.2) is 0 Å². The van der Waals surface area contributed by atoms with E-state index in [-0.39, 0.29) is 30.0 Å². The summed E-state index contributed by atoms with van der Waals surface area (Å²) in [5.74, 6) is 0.954. The van der Waals surface area contributed by atoms with Crippen LogP contribution in [0.2, 0.25) is 0 Å². The van der Waals surface area contributed by atoms with Crippen LogP contribution in [0.4, 0.5) is 0 Å². The van der Waals surface area contributed by atoms with Crippen LogP contribution in [0.3, 0.4) is 0 Å². The van der Waals surface area contributed by atoms with E-state index in [2.05, 4.69) is 10.5 Å². The van der Waals surface area contributed by atoms with Gasteiger partial charge in [0.2, 0.25) is 5.91 Å². The largest absolute Gasteiger partial charge is 0.376 e. The first kappa shape index (κ1) is 21.6. The third-order valence-electron chi connectivity index (χ3n) is 6.02. The number of rotatable bonds is 9. The van der Waals surface area contributed by atoms with Crippen LogP contribution in [-0.4, -0.2) is 54.2 Å². The summed E-state index contributed by atoms with van der Waals surface area (Å²) in [4.78, 5) is 27.1. The molecule has 0 spiro atoms. The quantitative estimate of drug-likeness (QED) is 0.665. The molecule has 1 aliphatic heterocycles. The lowest BCUT2D eigenvalue weighted by molar-refractivity contribution is -0.121. The number of ether oxygens (including phenoxy) is 1. The van der Waals surface area contributed by atoms with E-state index in [0.717, 1.165) is 42.7 Å². The fourth-order valence-corrected chi connectivity index (χ4v) is 3.88. The van der Waals surface area contributed by atoms with Crippen LogP contribution >= 0.6 is 0 Å². The van der Waals surface area contributed by atoms with E-state index in [1.54, 1.807) is 11.0 Å². The minimum atomic E-state index is -0.231. The summed E-state index contributed by atoms with van der Waals surface area (Å²) in [5.41, 5.74) is 3.36. The molecule has 7 heteroatoms. The zero-order valence-electron chi connectivity index (χ0n) is 18.4. The average molecular weight is 426 g/mol. The van der Waals surface area contributed by atoms with Gasteiger partial charge in [0.15, 0.2) is 11.5 Å². The number of nitrogens with one attached hydrogen (secondary N) is 1. The molecule has 1 N–H and O–H groups in total. The topological polar surface area (TPSA) is 84.7 Å². The van der Waals surface area contributed by atoms with Crippen molar-refractivity contribution in [3.05, 3.63) is 41.1 Å². The van der Waals surface area contributed by atoms with E-state index < -0.39 is 0 Å². The molecule has 2 aromatic rings. The summed E-state index contributed by atoms with van der Waals surface area (Å²) in [7, 11) is 0. The predicted octanol–water partition coefficient (Wildman–Crippen LogP) is 3.50. The molecule has 1 atom stereocenters. The van der Waals surface area contributed by atoms with Crippen molar-refractivity contribution >= 4 is 11.8 Å². The third-order valence-corrected chi connectivity index (χ3v) is 6.02. The molecule has 7 nitrogen and oxygen atoms in total. The number of hydrogen-bond acceptors (Lipinski definition) is 5. The molecule has 2 aliphatic rings. The molecule has 0 bridgehead atoms. The molecule has 4 rings (SSSR count). The molecule has 1 saturated heterocycles. The first-order valence-corrected chi connectivity index (χ1v) is 11.2. The number of hydrogen-bond donors (Lipinski definition) is 1. The van der Waals surface area contributed by atoms with Crippen LogP contribution in [0.25, 0.3) is 11.3 Å². The highest BCUT2D eigenvalue weighted by molar-refractivity contribution is 5.93. The second-order valence-corrected chi connectivity index (χ2v) is 8.78. The number of aryl methyl sites for hydroxylation is 2. The highest BCUT2D eigenvalue weighted by Crippen LogP contribution is 2.28. The summed E-state index contributed by atoms with van der Waals surface area (Å²) >= 11 is 0. The Morgan fingerprint density at radius 1 is 1.19 bits per heavy atom.